The normalized spacial score (nSPS) is 16.2. The van der Waals surface area contributed by atoms with Crippen molar-refractivity contribution in [1.29, 1.82) is 0 Å². The van der Waals surface area contributed by atoms with Crippen molar-refractivity contribution < 1.29 is 14.0 Å². The van der Waals surface area contributed by atoms with Gasteiger partial charge in [0.25, 0.3) is 5.91 Å². The van der Waals surface area contributed by atoms with Crippen LogP contribution in [0.25, 0.3) is 0 Å². The third-order valence-corrected chi connectivity index (χ3v) is 5.45. The molecule has 28 heavy (non-hydrogen) atoms. The van der Waals surface area contributed by atoms with Crippen LogP contribution in [0.3, 0.4) is 0 Å². The Morgan fingerprint density at radius 3 is 2.50 bits per heavy atom. The number of hydrogen-bond donors (Lipinski definition) is 2. The first-order valence-electron chi connectivity index (χ1n) is 8.89. The molecule has 1 aromatic heterocycles. The van der Waals surface area contributed by atoms with Gasteiger partial charge in [-0.25, -0.2) is 4.39 Å². The molecule has 4 rings (SSSR count). The largest absolute Gasteiger partial charge is 0.374 e. The summed E-state index contributed by atoms with van der Waals surface area (Å²) in [4.78, 5) is 26.9. The van der Waals surface area contributed by atoms with Crippen molar-refractivity contribution in [2.45, 2.75) is 12.5 Å². The smallest absolute Gasteiger partial charge is 0.265 e. The lowest BCUT2D eigenvalue weighted by atomic mass is 10.2. The van der Waals surface area contributed by atoms with Crippen LogP contribution in [0.5, 0.6) is 0 Å². The molecule has 2 amide bonds. The molecule has 5 nitrogen and oxygen atoms in total. The Labute approximate surface area is 165 Å². The van der Waals surface area contributed by atoms with E-state index < -0.39 is 11.9 Å². The standard InChI is InChI=1S/C21H18FN3O2S/c22-16-4-1-2-5-18(16)25-12-11-17(21(25)27)23-14-7-9-15(10-8-14)24-20(26)19-6-3-13-28-19/h1-10,13,17,23H,11-12H2,(H,24,26). The summed E-state index contributed by atoms with van der Waals surface area (Å²) in [5.41, 5.74) is 1.75. The van der Waals surface area contributed by atoms with Crippen LogP contribution in [0.4, 0.5) is 21.5 Å². The number of hydrogen-bond acceptors (Lipinski definition) is 4. The molecule has 0 spiro atoms. The number of halogens is 1. The molecule has 0 radical (unpaired) electrons. The molecule has 1 aliphatic rings. The molecule has 1 aliphatic heterocycles. The maximum Gasteiger partial charge on any atom is 0.265 e. The second kappa shape index (κ2) is 7.82. The van der Waals surface area contributed by atoms with Crippen LogP contribution < -0.4 is 15.5 Å². The number of para-hydroxylation sites is 1. The Morgan fingerprint density at radius 2 is 1.79 bits per heavy atom. The third kappa shape index (κ3) is 3.75. The molecule has 1 fully saturated rings. The summed E-state index contributed by atoms with van der Waals surface area (Å²) < 4.78 is 14.0. The van der Waals surface area contributed by atoms with Gasteiger partial charge in [0.15, 0.2) is 0 Å². The van der Waals surface area contributed by atoms with E-state index in [0.717, 1.165) is 5.69 Å². The predicted octanol–water partition coefficient (Wildman–Crippen LogP) is 4.36. The van der Waals surface area contributed by atoms with E-state index >= 15 is 0 Å². The molecule has 1 saturated heterocycles. The van der Waals surface area contributed by atoms with Gasteiger partial charge in [0.05, 0.1) is 10.6 Å². The predicted molar refractivity (Wildman–Crippen MR) is 109 cm³/mol. The second-order valence-corrected chi connectivity index (χ2v) is 7.38. The summed E-state index contributed by atoms with van der Waals surface area (Å²) >= 11 is 1.38. The number of rotatable bonds is 5. The first-order chi connectivity index (χ1) is 13.6. The highest BCUT2D eigenvalue weighted by molar-refractivity contribution is 7.12. The quantitative estimate of drug-likeness (QED) is 0.675. The summed E-state index contributed by atoms with van der Waals surface area (Å²) in [6, 6.07) is 16.7. The van der Waals surface area contributed by atoms with Crippen molar-refractivity contribution in [2.24, 2.45) is 0 Å². The molecule has 2 aromatic carbocycles. The van der Waals surface area contributed by atoms with Crippen LogP contribution in [0.2, 0.25) is 0 Å². The average molecular weight is 395 g/mol. The fourth-order valence-corrected chi connectivity index (χ4v) is 3.79. The van der Waals surface area contributed by atoms with Gasteiger partial charge in [-0.15, -0.1) is 11.3 Å². The molecule has 0 aliphatic carbocycles. The highest BCUT2D eigenvalue weighted by Gasteiger charge is 2.33. The van der Waals surface area contributed by atoms with Crippen molar-refractivity contribution in [3.8, 4) is 0 Å². The zero-order valence-electron chi connectivity index (χ0n) is 14.9. The van der Waals surface area contributed by atoms with Crippen LogP contribution in [-0.2, 0) is 4.79 Å². The van der Waals surface area contributed by atoms with E-state index in [-0.39, 0.29) is 11.8 Å². The molecule has 1 unspecified atom stereocenters. The Bertz CT molecular complexity index is 989. The van der Waals surface area contributed by atoms with Crippen molar-refractivity contribution >= 4 is 40.2 Å². The number of carbonyl (C=O) groups excluding carboxylic acids is 2. The van der Waals surface area contributed by atoms with Gasteiger partial charge in [-0.2, -0.15) is 0 Å². The number of nitrogens with zero attached hydrogens (tertiary/aromatic N) is 1. The lowest BCUT2D eigenvalue weighted by Gasteiger charge is -2.18. The maximum absolute atomic E-state index is 14.0. The van der Waals surface area contributed by atoms with Gasteiger partial charge < -0.3 is 15.5 Å². The van der Waals surface area contributed by atoms with Gasteiger partial charge in [-0.1, -0.05) is 18.2 Å². The summed E-state index contributed by atoms with van der Waals surface area (Å²) in [5, 5.41) is 7.88. The molecule has 2 N–H and O–H groups in total. The van der Waals surface area contributed by atoms with Crippen LogP contribution in [0.1, 0.15) is 16.1 Å². The monoisotopic (exact) mass is 395 g/mol. The molecule has 1 atom stereocenters. The van der Waals surface area contributed by atoms with Crippen LogP contribution in [-0.4, -0.2) is 24.4 Å². The summed E-state index contributed by atoms with van der Waals surface area (Å²) in [5.74, 6) is -0.704. The van der Waals surface area contributed by atoms with E-state index in [0.29, 0.717) is 29.2 Å². The molecule has 7 heteroatoms. The zero-order chi connectivity index (χ0) is 19.5. The van der Waals surface area contributed by atoms with Crippen molar-refractivity contribution in [1.82, 2.24) is 0 Å². The van der Waals surface area contributed by atoms with E-state index in [1.807, 2.05) is 23.6 Å². The SMILES string of the molecule is O=C(Nc1ccc(NC2CCN(c3ccccc3F)C2=O)cc1)c1cccs1. The van der Waals surface area contributed by atoms with Crippen molar-refractivity contribution in [2.75, 3.05) is 22.1 Å². The molecule has 142 valence electrons. The van der Waals surface area contributed by atoms with Gasteiger partial charge in [0.1, 0.15) is 11.9 Å². The first-order valence-corrected chi connectivity index (χ1v) is 9.77. The topological polar surface area (TPSA) is 61.4 Å². The van der Waals surface area contributed by atoms with Crippen molar-refractivity contribution in [3.63, 3.8) is 0 Å². The number of thiophene rings is 1. The molecule has 0 bridgehead atoms. The van der Waals surface area contributed by atoms with Gasteiger partial charge in [-0.3, -0.25) is 9.59 Å². The minimum absolute atomic E-state index is 0.151. The van der Waals surface area contributed by atoms with E-state index in [1.165, 1.54) is 22.3 Å². The van der Waals surface area contributed by atoms with Crippen LogP contribution in [0, 0.1) is 5.82 Å². The van der Waals surface area contributed by atoms with E-state index in [2.05, 4.69) is 10.6 Å². The number of anilines is 3. The fraction of sp³-hybridized carbons (Fsp3) is 0.143. The Hall–Kier alpha value is -3.19. The van der Waals surface area contributed by atoms with E-state index in [9.17, 15) is 14.0 Å². The first kappa shape index (κ1) is 18.2. The number of carbonyl (C=O) groups is 2. The van der Waals surface area contributed by atoms with Crippen LogP contribution >= 0.6 is 11.3 Å². The molecule has 3 aromatic rings. The molecular formula is C21H18FN3O2S. The maximum atomic E-state index is 14.0. The van der Waals surface area contributed by atoms with Gasteiger partial charge in [-0.05, 0) is 54.3 Å². The number of amides is 2. The fourth-order valence-electron chi connectivity index (χ4n) is 3.18. The summed E-state index contributed by atoms with van der Waals surface area (Å²) in [6.07, 6.45) is 0.587. The highest BCUT2D eigenvalue weighted by Crippen LogP contribution is 2.26. The van der Waals surface area contributed by atoms with Crippen molar-refractivity contribution in [3.05, 3.63) is 76.7 Å². The Kier molecular flexibility index (Phi) is 5.08. The van der Waals surface area contributed by atoms with E-state index in [4.69, 9.17) is 0 Å². The molecule has 0 saturated carbocycles. The van der Waals surface area contributed by atoms with Gasteiger partial charge in [0, 0.05) is 17.9 Å². The number of benzene rings is 2. The third-order valence-electron chi connectivity index (χ3n) is 4.58. The Balaban J connectivity index is 1.39. The second-order valence-electron chi connectivity index (χ2n) is 6.44. The highest BCUT2D eigenvalue weighted by atomic mass is 32.1. The zero-order valence-corrected chi connectivity index (χ0v) is 15.7. The Morgan fingerprint density at radius 1 is 1.04 bits per heavy atom. The number of nitrogens with one attached hydrogen (secondary N) is 2. The summed E-state index contributed by atoms with van der Waals surface area (Å²) in [7, 11) is 0. The lowest BCUT2D eigenvalue weighted by molar-refractivity contribution is -0.117. The average Bonchev–Trinajstić information content (AvgIpc) is 3.35. The minimum Gasteiger partial charge on any atom is -0.374 e. The molecule has 2 heterocycles. The van der Waals surface area contributed by atoms with Crippen LogP contribution in [0.15, 0.2) is 66.0 Å². The van der Waals surface area contributed by atoms with E-state index in [1.54, 1.807) is 36.4 Å². The summed E-state index contributed by atoms with van der Waals surface area (Å²) in [6.45, 7) is 0.465. The minimum atomic E-state index is -0.411. The van der Waals surface area contributed by atoms with Gasteiger partial charge in [0.2, 0.25) is 5.91 Å². The molecular weight excluding hydrogens is 377 g/mol. The lowest BCUT2D eigenvalue weighted by Crippen LogP contribution is -2.33. The van der Waals surface area contributed by atoms with Gasteiger partial charge >= 0.3 is 0 Å².